The highest BCUT2D eigenvalue weighted by molar-refractivity contribution is 5.55. The van der Waals surface area contributed by atoms with E-state index in [-0.39, 0.29) is 5.82 Å². The summed E-state index contributed by atoms with van der Waals surface area (Å²) in [6.07, 6.45) is 1.44. The summed E-state index contributed by atoms with van der Waals surface area (Å²) in [6, 6.07) is 6.41. The second-order valence-electron chi connectivity index (χ2n) is 4.19. The molecule has 1 aromatic heterocycles. The lowest BCUT2D eigenvalue weighted by Crippen LogP contribution is -2.19. The molecular weight excluding hydrogens is 231 g/mol. The summed E-state index contributed by atoms with van der Waals surface area (Å²) in [4.78, 5) is 10.1. The van der Waals surface area contributed by atoms with Gasteiger partial charge in [0.2, 0.25) is 0 Å². The second-order valence-corrected chi connectivity index (χ2v) is 4.19. The van der Waals surface area contributed by atoms with Crippen molar-refractivity contribution in [3.8, 4) is 0 Å². The van der Waals surface area contributed by atoms with Crippen molar-refractivity contribution in [1.82, 2.24) is 9.97 Å². The number of halogens is 1. The number of aromatic nitrogens is 2. The van der Waals surface area contributed by atoms with Crippen LogP contribution < -0.4 is 10.6 Å². The minimum absolute atomic E-state index is 0.233. The summed E-state index contributed by atoms with van der Waals surface area (Å²) in [5.74, 6) is 1.03. The van der Waals surface area contributed by atoms with E-state index in [4.69, 9.17) is 5.73 Å². The van der Waals surface area contributed by atoms with Crippen LogP contribution in [0.3, 0.4) is 0 Å². The molecule has 1 heterocycles. The van der Waals surface area contributed by atoms with Gasteiger partial charge in [0.05, 0.1) is 0 Å². The summed E-state index contributed by atoms with van der Waals surface area (Å²) < 4.78 is 12.8. The lowest BCUT2D eigenvalue weighted by molar-refractivity contribution is 0.627. The average Bonchev–Trinajstić information content (AvgIpc) is 2.35. The van der Waals surface area contributed by atoms with E-state index < -0.39 is 0 Å². The van der Waals surface area contributed by atoms with Crippen LogP contribution >= 0.6 is 0 Å². The smallest absolute Gasteiger partial charge is 0.137 e. The van der Waals surface area contributed by atoms with Gasteiger partial charge in [-0.2, -0.15) is 0 Å². The molecule has 4 nitrogen and oxygen atoms in total. The molecule has 0 atom stereocenters. The highest BCUT2D eigenvalue weighted by Gasteiger charge is 2.09. The van der Waals surface area contributed by atoms with Crippen molar-refractivity contribution in [3.05, 3.63) is 47.5 Å². The Bertz CT molecular complexity index is 539. The van der Waals surface area contributed by atoms with E-state index in [9.17, 15) is 4.39 Å². The van der Waals surface area contributed by atoms with Gasteiger partial charge in [-0.05, 0) is 24.6 Å². The van der Waals surface area contributed by atoms with Gasteiger partial charge in [0, 0.05) is 19.2 Å². The number of hydrogen-bond donors (Lipinski definition) is 1. The quantitative estimate of drug-likeness (QED) is 0.901. The number of nitrogens with zero attached hydrogens (tertiary/aromatic N) is 3. The Kier molecular flexibility index (Phi) is 3.41. The molecule has 0 saturated carbocycles. The number of nitrogen functional groups attached to an aromatic ring is 1. The molecule has 2 rings (SSSR count). The van der Waals surface area contributed by atoms with Gasteiger partial charge in [0.1, 0.15) is 23.8 Å². The molecule has 0 spiro atoms. The van der Waals surface area contributed by atoms with Crippen LogP contribution in [0.4, 0.5) is 16.0 Å². The SMILES string of the molecule is Cc1c(N)ncnc1N(C)Cc1ccc(F)cc1. The minimum Gasteiger partial charge on any atom is -0.383 e. The molecule has 0 aliphatic heterocycles. The summed E-state index contributed by atoms with van der Waals surface area (Å²) in [5, 5.41) is 0. The Morgan fingerprint density at radius 1 is 1.22 bits per heavy atom. The van der Waals surface area contributed by atoms with Crippen molar-refractivity contribution in [2.24, 2.45) is 0 Å². The first-order valence-corrected chi connectivity index (χ1v) is 5.60. The van der Waals surface area contributed by atoms with Crippen LogP contribution in [-0.2, 0) is 6.54 Å². The van der Waals surface area contributed by atoms with E-state index in [0.717, 1.165) is 16.9 Å². The molecular formula is C13H15FN4. The molecule has 2 N–H and O–H groups in total. The lowest BCUT2D eigenvalue weighted by Gasteiger charge is -2.20. The monoisotopic (exact) mass is 246 g/mol. The van der Waals surface area contributed by atoms with Crippen molar-refractivity contribution >= 4 is 11.6 Å². The molecule has 0 fully saturated rings. The molecule has 2 aromatic rings. The summed E-state index contributed by atoms with van der Waals surface area (Å²) in [6.45, 7) is 2.52. The van der Waals surface area contributed by atoms with E-state index in [0.29, 0.717) is 12.4 Å². The topological polar surface area (TPSA) is 55.0 Å². The predicted octanol–water partition coefficient (Wildman–Crippen LogP) is 2.14. The molecule has 0 amide bonds. The Labute approximate surface area is 105 Å². The zero-order valence-electron chi connectivity index (χ0n) is 10.4. The number of anilines is 2. The second kappa shape index (κ2) is 5.00. The molecule has 0 aliphatic rings. The highest BCUT2D eigenvalue weighted by atomic mass is 19.1. The molecule has 0 aliphatic carbocycles. The maximum absolute atomic E-state index is 12.8. The van der Waals surface area contributed by atoms with Crippen LogP contribution in [0.25, 0.3) is 0 Å². The number of nitrogens with two attached hydrogens (primary N) is 1. The third-order valence-electron chi connectivity index (χ3n) is 2.79. The number of rotatable bonds is 3. The van der Waals surface area contributed by atoms with Gasteiger partial charge in [0.15, 0.2) is 0 Å². The lowest BCUT2D eigenvalue weighted by atomic mass is 10.2. The number of hydrogen-bond acceptors (Lipinski definition) is 4. The van der Waals surface area contributed by atoms with E-state index in [1.54, 1.807) is 12.1 Å². The van der Waals surface area contributed by atoms with Gasteiger partial charge in [-0.3, -0.25) is 0 Å². The van der Waals surface area contributed by atoms with Crippen molar-refractivity contribution in [3.63, 3.8) is 0 Å². The molecule has 1 aromatic carbocycles. The van der Waals surface area contributed by atoms with Gasteiger partial charge in [0.25, 0.3) is 0 Å². The highest BCUT2D eigenvalue weighted by Crippen LogP contribution is 2.20. The van der Waals surface area contributed by atoms with Crippen LogP contribution in [0.15, 0.2) is 30.6 Å². The zero-order valence-corrected chi connectivity index (χ0v) is 10.4. The van der Waals surface area contributed by atoms with E-state index in [2.05, 4.69) is 9.97 Å². The molecule has 0 bridgehead atoms. The maximum atomic E-state index is 12.8. The fraction of sp³-hybridized carbons (Fsp3) is 0.231. The van der Waals surface area contributed by atoms with Gasteiger partial charge in [-0.25, -0.2) is 14.4 Å². The summed E-state index contributed by atoms with van der Waals surface area (Å²) in [5.41, 5.74) is 7.60. The molecule has 94 valence electrons. The minimum atomic E-state index is -0.233. The van der Waals surface area contributed by atoms with Gasteiger partial charge < -0.3 is 10.6 Å². The maximum Gasteiger partial charge on any atom is 0.137 e. The standard InChI is InChI=1S/C13H15FN4/c1-9-12(15)16-8-17-13(9)18(2)7-10-3-5-11(14)6-4-10/h3-6,8H,7H2,1-2H3,(H2,15,16,17). The summed E-state index contributed by atoms with van der Waals surface area (Å²) >= 11 is 0. The fourth-order valence-electron chi connectivity index (χ4n) is 1.78. The van der Waals surface area contributed by atoms with Gasteiger partial charge >= 0.3 is 0 Å². The van der Waals surface area contributed by atoms with E-state index >= 15 is 0 Å². The van der Waals surface area contributed by atoms with Crippen LogP contribution in [-0.4, -0.2) is 17.0 Å². The Balaban J connectivity index is 2.19. The van der Waals surface area contributed by atoms with Crippen LogP contribution in [0.1, 0.15) is 11.1 Å². The van der Waals surface area contributed by atoms with Gasteiger partial charge in [-0.1, -0.05) is 12.1 Å². The van der Waals surface area contributed by atoms with Crippen LogP contribution in [0, 0.1) is 12.7 Å². The first-order chi connectivity index (χ1) is 8.58. The third-order valence-corrected chi connectivity index (χ3v) is 2.79. The molecule has 5 heteroatoms. The van der Waals surface area contributed by atoms with Gasteiger partial charge in [-0.15, -0.1) is 0 Å². The third kappa shape index (κ3) is 2.56. The predicted molar refractivity (Wildman–Crippen MR) is 69.7 cm³/mol. The normalized spacial score (nSPS) is 10.4. The van der Waals surface area contributed by atoms with Crippen molar-refractivity contribution in [1.29, 1.82) is 0 Å². The van der Waals surface area contributed by atoms with Crippen LogP contribution in [0.2, 0.25) is 0 Å². The molecule has 18 heavy (non-hydrogen) atoms. The average molecular weight is 246 g/mol. The first-order valence-electron chi connectivity index (χ1n) is 5.60. The zero-order chi connectivity index (χ0) is 13.1. The molecule has 0 unspecified atom stereocenters. The first kappa shape index (κ1) is 12.3. The van der Waals surface area contributed by atoms with Crippen molar-refractivity contribution in [2.75, 3.05) is 17.7 Å². The van der Waals surface area contributed by atoms with E-state index in [1.165, 1.54) is 18.5 Å². The fourth-order valence-corrected chi connectivity index (χ4v) is 1.78. The Morgan fingerprint density at radius 2 is 1.89 bits per heavy atom. The molecule has 0 radical (unpaired) electrons. The van der Waals surface area contributed by atoms with Crippen molar-refractivity contribution in [2.45, 2.75) is 13.5 Å². The Morgan fingerprint density at radius 3 is 2.56 bits per heavy atom. The number of benzene rings is 1. The van der Waals surface area contributed by atoms with Crippen LogP contribution in [0.5, 0.6) is 0 Å². The van der Waals surface area contributed by atoms with E-state index in [1.807, 2.05) is 18.9 Å². The van der Waals surface area contributed by atoms with Crippen molar-refractivity contribution < 1.29 is 4.39 Å². The summed E-state index contributed by atoms with van der Waals surface area (Å²) in [7, 11) is 1.91. The largest absolute Gasteiger partial charge is 0.383 e. The Hall–Kier alpha value is -2.17. The molecule has 0 saturated heterocycles.